The van der Waals surface area contributed by atoms with E-state index in [1.165, 1.54) is 4.90 Å². The fraction of sp³-hybridized carbons (Fsp3) is 0.0909. The number of nitrogens with zero attached hydrogens (tertiary/aromatic N) is 2. The van der Waals surface area contributed by atoms with E-state index in [1.54, 1.807) is 6.08 Å². The first kappa shape index (κ1) is 16.8. The van der Waals surface area contributed by atoms with E-state index in [0.717, 1.165) is 22.5 Å². The zero-order valence-electron chi connectivity index (χ0n) is 14.9. The molecule has 0 radical (unpaired) electrons. The molecule has 5 nitrogen and oxygen atoms in total. The van der Waals surface area contributed by atoms with Gasteiger partial charge in [-0.3, -0.25) is 9.69 Å². The van der Waals surface area contributed by atoms with Gasteiger partial charge in [0.25, 0.3) is 5.91 Å². The third-order valence-corrected chi connectivity index (χ3v) is 4.49. The van der Waals surface area contributed by atoms with Crippen molar-refractivity contribution < 1.29 is 9.59 Å². The van der Waals surface area contributed by atoms with Gasteiger partial charge in [0.1, 0.15) is 5.70 Å². The molecule has 0 spiro atoms. The molecule has 4 rings (SSSR count). The van der Waals surface area contributed by atoms with E-state index in [2.05, 4.69) is 5.32 Å². The first-order chi connectivity index (χ1) is 13.1. The molecule has 0 unspecified atom stereocenters. The molecule has 2 heterocycles. The summed E-state index contributed by atoms with van der Waals surface area (Å²) >= 11 is 0. The van der Waals surface area contributed by atoms with E-state index < -0.39 is 6.03 Å². The van der Waals surface area contributed by atoms with Gasteiger partial charge >= 0.3 is 6.03 Å². The Morgan fingerprint density at radius 1 is 0.963 bits per heavy atom. The molecule has 2 aromatic carbocycles. The second-order valence-electron chi connectivity index (χ2n) is 6.51. The lowest BCUT2D eigenvalue weighted by Gasteiger charge is -2.12. The maximum absolute atomic E-state index is 12.7. The summed E-state index contributed by atoms with van der Waals surface area (Å²) in [6, 6.07) is 21.1. The van der Waals surface area contributed by atoms with Crippen LogP contribution in [0.2, 0.25) is 0 Å². The Morgan fingerprint density at radius 2 is 1.78 bits per heavy atom. The zero-order chi connectivity index (χ0) is 18.8. The summed E-state index contributed by atoms with van der Waals surface area (Å²) in [6.07, 6.45) is 3.64. The Labute approximate surface area is 157 Å². The van der Waals surface area contributed by atoms with Crippen LogP contribution in [0.25, 0.3) is 11.8 Å². The number of hydrogen-bond acceptors (Lipinski definition) is 2. The molecule has 1 aliphatic heterocycles. The van der Waals surface area contributed by atoms with Crippen LogP contribution < -0.4 is 5.32 Å². The zero-order valence-corrected chi connectivity index (χ0v) is 14.9. The fourth-order valence-corrected chi connectivity index (χ4v) is 3.19. The van der Waals surface area contributed by atoms with Gasteiger partial charge in [-0.1, -0.05) is 48.0 Å². The van der Waals surface area contributed by atoms with Crippen LogP contribution in [0.4, 0.5) is 4.79 Å². The summed E-state index contributed by atoms with van der Waals surface area (Å²) < 4.78 is 1.97. The number of urea groups is 1. The third-order valence-electron chi connectivity index (χ3n) is 4.49. The van der Waals surface area contributed by atoms with Crippen molar-refractivity contribution in [2.45, 2.75) is 13.5 Å². The summed E-state index contributed by atoms with van der Waals surface area (Å²) in [5, 5.41) is 2.69. The predicted octanol–water partition coefficient (Wildman–Crippen LogP) is 3.88. The summed E-state index contributed by atoms with van der Waals surface area (Å²) in [6.45, 7) is 2.24. The van der Waals surface area contributed by atoms with Gasteiger partial charge in [-0.05, 0) is 42.8 Å². The molecule has 1 N–H and O–H groups in total. The Kier molecular flexibility index (Phi) is 4.34. The van der Waals surface area contributed by atoms with Crippen molar-refractivity contribution in [3.8, 4) is 5.69 Å². The van der Waals surface area contributed by atoms with E-state index in [-0.39, 0.29) is 18.1 Å². The van der Waals surface area contributed by atoms with Gasteiger partial charge < -0.3 is 9.88 Å². The van der Waals surface area contributed by atoms with E-state index in [1.807, 2.05) is 84.4 Å². The van der Waals surface area contributed by atoms with Crippen LogP contribution in [0, 0.1) is 6.92 Å². The van der Waals surface area contributed by atoms with Crippen LogP contribution in [0.1, 0.15) is 16.8 Å². The number of imide groups is 1. The molecule has 5 heteroatoms. The number of amides is 3. The second-order valence-corrected chi connectivity index (χ2v) is 6.51. The van der Waals surface area contributed by atoms with Crippen LogP contribution in [0.3, 0.4) is 0 Å². The molecular formula is C22H19N3O2. The Bertz CT molecular complexity index is 1030. The minimum absolute atomic E-state index is 0.253. The quantitative estimate of drug-likeness (QED) is 0.569. The Hall–Kier alpha value is -3.60. The fourth-order valence-electron chi connectivity index (χ4n) is 3.19. The molecule has 0 atom stereocenters. The lowest BCUT2D eigenvalue weighted by molar-refractivity contribution is -0.123. The molecule has 1 aromatic heterocycles. The maximum Gasteiger partial charge on any atom is 0.329 e. The highest BCUT2D eigenvalue weighted by molar-refractivity contribution is 6.13. The molecule has 1 saturated heterocycles. The molecule has 1 aliphatic rings. The largest absolute Gasteiger partial charge is 0.329 e. The van der Waals surface area contributed by atoms with Crippen molar-refractivity contribution in [1.29, 1.82) is 0 Å². The van der Waals surface area contributed by atoms with Gasteiger partial charge in [-0.25, -0.2) is 4.79 Å². The van der Waals surface area contributed by atoms with Crippen molar-refractivity contribution >= 4 is 18.0 Å². The lowest BCUT2D eigenvalue weighted by atomic mass is 10.1. The number of nitrogens with one attached hydrogen (secondary N) is 1. The number of para-hydroxylation sites is 1. The predicted molar refractivity (Wildman–Crippen MR) is 104 cm³/mol. The molecule has 27 heavy (non-hydrogen) atoms. The van der Waals surface area contributed by atoms with Gasteiger partial charge in [0, 0.05) is 17.6 Å². The molecular weight excluding hydrogens is 338 g/mol. The topological polar surface area (TPSA) is 54.3 Å². The molecule has 1 fully saturated rings. The first-order valence-corrected chi connectivity index (χ1v) is 8.75. The number of aromatic nitrogens is 1. The smallest absolute Gasteiger partial charge is 0.317 e. The van der Waals surface area contributed by atoms with E-state index in [4.69, 9.17) is 0 Å². The highest BCUT2D eigenvalue weighted by Crippen LogP contribution is 2.19. The lowest BCUT2D eigenvalue weighted by Crippen LogP contribution is -2.30. The monoisotopic (exact) mass is 357 g/mol. The SMILES string of the molecule is Cc1cccc(CN2C(=O)N/C(=C/c3cccn3-c3ccccc3)C2=O)c1. The summed E-state index contributed by atoms with van der Waals surface area (Å²) in [4.78, 5) is 26.3. The van der Waals surface area contributed by atoms with Crippen molar-refractivity contribution in [3.63, 3.8) is 0 Å². The van der Waals surface area contributed by atoms with Crippen LogP contribution in [0.5, 0.6) is 0 Å². The molecule has 0 bridgehead atoms. The average molecular weight is 357 g/mol. The summed E-state index contributed by atoms with van der Waals surface area (Å²) in [5.41, 5.74) is 4.11. The minimum Gasteiger partial charge on any atom is -0.317 e. The number of aryl methyl sites for hydroxylation is 1. The van der Waals surface area contributed by atoms with Gasteiger partial charge in [-0.15, -0.1) is 0 Å². The highest BCUT2D eigenvalue weighted by atomic mass is 16.2. The van der Waals surface area contributed by atoms with E-state index in [0.29, 0.717) is 0 Å². The molecule has 3 aromatic rings. The first-order valence-electron chi connectivity index (χ1n) is 8.75. The standard InChI is InChI=1S/C22H19N3O2/c1-16-7-5-8-17(13-16)15-25-21(26)20(23-22(25)27)14-19-11-6-12-24(19)18-9-3-2-4-10-18/h2-14H,15H2,1H3,(H,23,27)/b20-14+. The van der Waals surface area contributed by atoms with Gasteiger partial charge in [0.05, 0.1) is 6.54 Å². The van der Waals surface area contributed by atoms with Crippen LogP contribution in [-0.4, -0.2) is 21.4 Å². The average Bonchev–Trinajstić information content (AvgIpc) is 3.23. The molecule has 0 saturated carbocycles. The molecule has 134 valence electrons. The number of carbonyl (C=O) groups excluding carboxylic acids is 2. The summed E-state index contributed by atoms with van der Waals surface area (Å²) in [7, 11) is 0. The van der Waals surface area contributed by atoms with Crippen molar-refractivity contribution in [1.82, 2.24) is 14.8 Å². The minimum atomic E-state index is -0.398. The van der Waals surface area contributed by atoms with E-state index >= 15 is 0 Å². The molecule has 0 aliphatic carbocycles. The maximum atomic E-state index is 12.7. The van der Waals surface area contributed by atoms with Gasteiger partial charge in [0.2, 0.25) is 0 Å². The summed E-state index contributed by atoms with van der Waals surface area (Å²) in [5.74, 6) is -0.317. The number of carbonyl (C=O) groups is 2. The van der Waals surface area contributed by atoms with Gasteiger partial charge in [0.15, 0.2) is 0 Å². The van der Waals surface area contributed by atoms with Gasteiger partial charge in [-0.2, -0.15) is 0 Å². The van der Waals surface area contributed by atoms with Crippen molar-refractivity contribution in [2.24, 2.45) is 0 Å². The molecule has 3 amide bonds. The number of rotatable bonds is 4. The third kappa shape index (κ3) is 3.40. The second kappa shape index (κ2) is 6.96. The van der Waals surface area contributed by atoms with E-state index in [9.17, 15) is 9.59 Å². The van der Waals surface area contributed by atoms with Crippen molar-refractivity contribution in [3.05, 3.63) is 95.4 Å². The highest BCUT2D eigenvalue weighted by Gasteiger charge is 2.33. The number of hydrogen-bond donors (Lipinski definition) is 1. The Balaban J connectivity index is 1.60. The normalized spacial score (nSPS) is 15.4. The van der Waals surface area contributed by atoms with Crippen LogP contribution in [-0.2, 0) is 11.3 Å². The van der Waals surface area contributed by atoms with Crippen LogP contribution >= 0.6 is 0 Å². The Morgan fingerprint density at radius 3 is 2.56 bits per heavy atom. The van der Waals surface area contributed by atoms with Crippen molar-refractivity contribution in [2.75, 3.05) is 0 Å². The number of benzene rings is 2. The van der Waals surface area contributed by atoms with Crippen LogP contribution in [0.15, 0.2) is 78.6 Å².